The molecule has 1 heterocycles. The molecule has 1 saturated heterocycles. The van der Waals surface area contributed by atoms with Gasteiger partial charge in [0, 0.05) is 0 Å². The predicted octanol–water partition coefficient (Wildman–Crippen LogP) is 3.96. The van der Waals surface area contributed by atoms with E-state index >= 15 is 0 Å². The lowest BCUT2D eigenvalue weighted by Gasteiger charge is -2.48. The zero-order chi connectivity index (χ0) is 17.5. The molecule has 1 rings (SSSR count). The average Bonchev–Trinajstić information content (AvgIpc) is 2.24. The largest absolute Gasteiger partial charge is 0.413 e. The number of rotatable bonds is 7. The van der Waals surface area contributed by atoms with Crippen molar-refractivity contribution in [1.29, 1.82) is 0 Å². The normalized spacial score (nSPS) is 25.0. The summed E-state index contributed by atoms with van der Waals surface area (Å²) in [5, 5.41) is 3.04. The van der Waals surface area contributed by atoms with Crippen LogP contribution < -0.4 is 5.32 Å². The van der Waals surface area contributed by atoms with Crippen LogP contribution in [0.1, 0.15) is 34.6 Å². The van der Waals surface area contributed by atoms with Crippen molar-refractivity contribution in [2.45, 2.75) is 84.7 Å². The van der Waals surface area contributed by atoms with Gasteiger partial charge in [-0.2, -0.15) is 0 Å². The molecule has 0 aliphatic carbocycles. The fourth-order valence-corrected chi connectivity index (χ4v) is 6.43. The van der Waals surface area contributed by atoms with E-state index < -0.39 is 16.6 Å². The number of carbonyl (C=O) groups is 1. The van der Waals surface area contributed by atoms with E-state index in [4.69, 9.17) is 8.85 Å². The second-order valence-corrected chi connectivity index (χ2v) is 17.9. The van der Waals surface area contributed by atoms with Crippen LogP contribution in [0.15, 0.2) is 0 Å². The van der Waals surface area contributed by atoms with Gasteiger partial charge in [-0.15, -0.1) is 0 Å². The van der Waals surface area contributed by atoms with Crippen molar-refractivity contribution in [2.24, 2.45) is 11.8 Å². The highest BCUT2D eigenvalue weighted by molar-refractivity contribution is 6.74. The second kappa shape index (κ2) is 6.38. The maximum Gasteiger partial charge on any atom is 0.232 e. The molecule has 0 bridgehead atoms. The van der Waals surface area contributed by atoms with Crippen LogP contribution in [-0.2, 0) is 13.6 Å². The van der Waals surface area contributed by atoms with Gasteiger partial charge in [-0.3, -0.25) is 4.79 Å². The van der Waals surface area contributed by atoms with E-state index in [1.165, 1.54) is 0 Å². The van der Waals surface area contributed by atoms with Gasteiger partial charge in [-0.25, -0.2) is 0 Å². The van der Waals surface area contributed by atoms with E-state index in [-0.39, 0.29) is 29.2 Å². The van der Waals surface area contributed by atoms with Gasteiger partial charge in [0.1, 0.15) is 12.1 Å². The SMILES string of the molecule is CC(C)C(C)(C)[Si](C)(C)O[C@H](C)C1C(=O)N[C@@H]1O[Si](C)(C)C. The highest BCUT2D eigenvalue weighted by Gasteiger charge is 2.50. The summed E-state index contributed by atoms with van der Waals surface area (Å²) in [6.45, 7) is 22.0. The quantitative estimate of drug-likeness (QED) is 0.561. The first-order valence-electron chi connectivity index (χ1n) is 8.35. The first-order chi connectivity index (χ1) is 9.69. The van der Waals surface area contributed by atoms with Crippen LogP contribution in [0.4, 0.5) is 0 Å². The van der Waals surface area contributed by atoms with Gasteiger partial charge >= 0.3 is 0 Å². The van der Waals surface area contributed by atoms with Gasteiger partial charge in [-0.1, -0.05) is 27.7 Å². The van der Waals surface area contributed by atoms with Crippen molar-refractivity contribution < 1.29 is 13.6 Å². The topological polar surface area (TPSA) is 47.6 Å². The molecule has 1 aliphatic heterocycles. The summed E-state index contributed by atoms with van der Waals surface area (Å²) in [5.41, 5.74) is 0. The van der Waals surface area contributed by atoms with Crippen LogP contribution in [0.25, 0.3) is 0 Å². The minimum absolute atomic E-state index is 0.0582. The minimum atomic E-state index is -1.94. The Hall–Kier alpha value is -0.176. The molecule has 0 spiro atoms. The highest BCUT2D eigenvalue weighted by Crippen LogP contribution is 2.45. The Kier molecular flexibility index (Phi) is 5.76. The summed E-state index contributed by atoms with van der Waals surface area (Å²) in [5.74, 6) is 0.426. The van der Waals surface area contributed by atoms with Crippen LogP contribution in [0.5, 0.6) is 0 Å². The van der Waals surface area contributed by atoms with E-state index in [2.05, 4.69) is 65.7 Å². The van der Waals surface area contributed by atoms with Crippen LogP contribution in [-0.4, -0.2) is 34.9 Å². The van der Waals surface area contributed by atoms with E-state index in [0.717, 1.165) is 0 Å². The Labute approximate surface area is 138 Å². The Morgan fingerprint density at radius 2 is 1.59 bits per heavy atom. The molecule has 0 radical (unpaired) electrons. The summed E-state index contributed by atoms with van der Waals surface area (Å²) < 4.78 is 12.6. The van der Waals surface area contributed by atoms with Crippen molar-refractivity contribution in [1.82, 2.24) is 5.32 Å². The van der Waals surface area contributed by atoms with E-state index in [9.17, 15) is 4.79 Å². The van der Waals surface area contributed by atoms with E-state index in [0.29, 0.717) is 5.92 Å². The van der Waals surface area contributed by atoms with Crippen LogP contribution >= 0.6 is 0 Å². The van der Waals surface area contributed by atoms with Gasteiger partial charge < -0.3 is 14.2 Å². The molecule has 1 fully saturated rings. The lowest BCUT2D eigenvalue weighted by Crippen LogP contribution is -2.66. The molecule has 0 aromatic rings. The fraction of sp³-hybridized carbons (Fsp3) is 0.938. The monoisotopic (exact) mass is 345 g/mol. The van der Waals surface area contributed by atoms with Crippen molar-refractivity contribution in [3.05, 3.63) is 0 Å². The standard InChI is InChI=1S/C16H35NO3Si2/c1-11(2)16(4,5)22(9,10)19-12(3)13-14(18)17-15(13)20-21(6,7)8/h11-13,15H,1-10H3,(H,17,18)/t12-,13?,15-/m1/s1. The molecule has 4 nitrogen and oxygen atoms in total. The zero-order valence-corrected chi connectivity index (χ0v) is 18.0. The third-order valence-corrected chi connectivity index (χ3v) is 11.0. The Balaban J connectivity index is 2.79. The number of nitrogens with one attached hydrogen (secondary N) is 1. The van der Waals surface area contributed by atoms with E-state index in [1.807, 2.05) is 6.92 Å². The lowest BCUT2D eigenvalue weighted by molar-refractivity contribution is -0.151. The van der Waals surface area contributed by atoms with Crippen LogP contribution in [0.2, 0.25) is 37.8 Å². The Morgan fingerprint density at radius 1 is 1.09 bits per heavy atom. The summed E-state index contributed by atoms with van der Waals surface area (Å²) in [6.07, 6.45) is -0.282. The van der Waals surface area contributed by atoms with Gasteiger partial charge in [0.2, 0.25) is 5.91 Å². The Bertz CT molecular complexity index is 416. The van der Waals surface area contributed by atoms with Crippen molar-refractivity contribution in [3.8, 4) is 0 Å². The maximum absolute atomic E-state index is 12.0. The lowest BCUT2D eigenvalue weighted by atomic mass is 9.94. The number of carbonyl (C=O) groups excluding carboxylic acids is 1. The molecule has 0 aromatic heterocycles. The molecular weight excluding hydrogens is 310 g/mol. The molecule has 1 aliphatic rings. The second-order valence-electron chi connectivity index (χ2n) is 8.89. The molecular formula is C16H35NO3Si2. The minimum Gasteiger partial charge on any atom is -0.413 e. The fourth-order valence-electron chi connectivity index (χ4n) is 2.70. The number of amides is 1. The third-order valence-electron chi connectivity index (χ3n) is 5.38. The third kappa shape index (κ3) is 4.21. The van der Waals surface area contributed by atoms with Crippen LogP contribution in [0, 0.1) is 11.8 Å². The van der Waals surface area contributed by atoms with Gasteiger partial charge in [0.15, 0.2) is 16.6 Å². The van der Waals surface area contributed by atoms with Crippen molar-refractivity contribution in [2.75, 3.05) is 0 Å². The maximum atomic E-state index is 12.0. The molecule has 22 heavy (non-hydrogen) atoms. The average molecular weight is 346 g/mol. The summed E-state index contributed by atoms with van der Waals surface area (Å²) in [6, 6.07) is 0. The van der Waals surface area contributed by atoms with Crippen LogP contribution in [0.3, 0.4) is 0 Å². The molecule has 3 atom stereocenters. The number of β-lactam (4-membered cyclic amide) rings is 1. The smallest absolute Gasteiger partial charge is 0.232 e. The molecule has 0 aromatic carbocycles. The van der Waals surface area contributed by atoms with Crippen molar-refractivity contribution in [3.63, 3.8) is 0 Å². The summed E-state index contributed by atoms with van der Waals surface area (Å²) in [7, 11) is -3.62. The zero-order valence-electron chi connectivity index (χ0n) is 16.0. The van der Waals surface area contributed by atoms with Crippen molar-refractivity contribution >= 4 is 22.5 Å². The van der Waals surface area contributed by atoms with Gasteiger partial charge in [0.25, 0.3) is 0 Å². The first-order valence-corrected chi connectivity index (χ1v) is 14.7. The van der Waals surface area contributed by atoms with Gasteiger partial charge in [-0.05, 0) is 50.6 Å². The summed E-state index contributed by atoms with van der Waals surface area (Å²) in [4.78, 5) is 12.0. The molecule has 1 N–H and O–H groups in total. The molecule has 1 unspecified atom stereocenters. The summed E-state index contributed by atoms with van der Waals surface area (Å²) >= 11 is 0. The predicted molar refractivity (Wildman–Crippen MR) is 96.8 cm³/mol. The van der Waals surface area contributed by atoms with E-state index in [1.54, 1.807) is 0 Å². The molecule has 130 valence electrons. The highest BCUT2D eigenvalue weighted by atomic mass is 28.4. The first kappa shape index (κ1) is 19.9. The Morgan fingerprint density at radius 3 is 1.95 bits per heavy atom. The number of hydrogen-bond donors (Lipinski definition) is 1. The number of hydrogen-bond acceptors (Lipinski definition) is 3. The molecule has 0 saturated carbocycles. The van der Waals surface area contributed by atoms with Gasteiger partial charge in [0.05, 0.1) is 6.10 Å². The molecule has 1 amide bonds. The molecule has 6 heteroatoms.